The predicted molar refractivity (Wildman–Crippen MR) is 65.3 cm³/mol. The van der Waals surface area contributed by atoms with Crippen molar-refractivity contribution >= 4 is 28.6 Å². The lowest BCUT2D eigenvalue weighted by atomic mass is 10.2. The summed E-state index contributed by atoms with van der Waals surface area (Å²) in [6.07, 6.45) is 0. The van der Waals surface area contributed by atoms with Crippen LogP contribution in [0.15, 0.2) is 35.7 Å². The molecule has 0 saturated carbocycles. The average Bonchev–Trinajstić information content (AvgIpc) is 2.84. The molecule has 0 atom stereocenters. The molecule has 5 nitrogen and oxygen atoms in total. The Morgan fingerprint density at radius 3 is 2.78 bits per heavy atom. The van der Waals surface area contributed by atoms with Gasteiger partial charge in [0.2, 0.25) is 0 Å². The molecule has 1 heterocycles. The van der Waals surface area contributed by atoms with Crippen LogP contribution in [0, 0.1) is 15.9 Å². The molecule has 0 aliphatic carbocycles. The lowest BCUT2D eigenvalue weighted by Crippen LogP contribution is -2.11. The van der Waals surface area contributed by atoms with Crippen molar-refractivity contribution in [3.63, 3.8) is 0 Å². The summed E-state index contributed by atoms with van der Waals surface area (Å²) in [4.78, 5) is 22.1. The first-order chi connectivity index (χ1) is 8.58. The van der Waals surface area contributed by atoms with E-state index in [1.807, 2.05) is 0 Å². The molecule has 1 aromatic carbocycles. The topological polar surface area (TPSA) is 72.2 Å². The van der Waals surface area contributed by atoms with Gasteiger partial charge in [0.05, 0.1) is 15.9 Å². The summed E-state index contributed by atoms with van der Waals surface area (Å²) in [7, 11) is 0. The largest absolute Gasteiger partial charge is 0.316 e. The van der Waals surface area contributed by atoms with Crippen molar-refractivity contribution in [1.29, 1.82) is 0 Å². The number of nitrogens with one attached hydrogen (secondary N) is 1. The van der Waals surface area contributed by atoms with Crippen LogP contribution in [-0.2, 0) is 0 Å². The molecule has 7 heteroatoms. The van der Waals surface area contributed by atoms with E-state index in [0.29, 0.717) is 4.88 Å². The minimum absolute atomic E-state index is 0.0280. The molecule has 0 bridgehead atoms. The second-order valence-corrected chi connectivity index (χ2v) is 4.30. The molecular formula is C11H7FN2O3S. The number of hydrogen-bond donors (Lipinski definition) is 1. The summed E-state index contributed by atoms with van der Waals surface area (Å²) in [5.74, 6) is -1.18. The Bertz CT molecular complexity index is 598. The first-order valence-corrected chi connectivity index (χ1v) is 5.74. The summed E-state index contributed by atoms with van der Waals surface area (Å²) >= 11 is 1.21. The van der Waals surface area contributed by atoms with Gasteiger partial charge in [0.15, 0.2) is 0 Å². The van der Waals surface area contributed by atoms with Crippen molar-refractivity contribution in [1.82, 2.24) is 0 Å². The van der Waals surface area contributed by atoms with E-state index in [1.165, 1.54) is 17.4 Å². The number of amides is 1. The fraction of sp³-hybridized carbons (Fsp3) is 0. The van der Waals surface area contributed by atoms with E-state index in [1.54, 1.807) is 17.5 Å². The number of thiophene rings is 1. The third-order valence-corrected chi connectivity index (χ3v) is 3.02. The molecule has 0 saturated heterocycles. The highest BCUT2D eigenvalue weighted by molar-refractivity contribution is 7.12. The summed E-state index contributed by atoms with van der Waals surface area (Å²) in [6, 6.07) is 6.27. The van der Waals surface area contributed by atoms with Crippen LogP contribution in [0.25, 0.3) is 0 Å². The average molecular weight is 266 g/mol. The second-order valence-electron chi connectivity index (χ2n) is 3.35. The molecule has 0 spiro atoms. The van der Waals surface area contributed by atoms with Gasteiger partial charge in [-0.3, -0.25) is 14.9 Å². The fourth-order valence-corrected chi connectivity index (χ4v) is 1.97. The molecule has 2 rings (SSSR count). The van der Waals surface area contributed by atoms with Gasteiger partial charge in [-0.15, -0.1) is 11.3 Å². The number of nitro groups is 1. The van der Waals surface area contributed by atoms with E-state index in [-0.39, 0.29) is 5.69 Å². The Balaban J connectivity index is 2.29. The molecule has 0 aliphatic heterocycles. The highest BCUT2D eigenvalue weighted by atomic mass is 32.1. The molecule has 0 fully saturated rings. The fourth-order valence-electron chi connectivity index (χ4n) is 1.35. The first-order valence-electron chi connectivity index (χ1n) is 4.87. The molecule has 1 amide bonds. The Hall–Kier alpha value is -2.28. The number of nitro benzene ring substituents is 1. The molecule has 92 valence electrons. The zero-order valence-corrected chi connectivity index (χ0v) is 9.74. The third-order valence-electron chi connectivity index (χ3n) is 2.15. The first kappa shape index (κ1) is 12.2. The van der Waals surface area contributed by atoms with Crippen LogP contribution < -0.4 is 5.32 Å². The number of rotatable bonds is 3. The zero-order valence-electron chi connectivity index (χ0n) is 8.92. The highest BCUT2D eigenvalue weighted by Gasteiger charge is 2.17. The van der Waals surface area contributed by atoms with Gasteiger partial charge >= 0.3 is 0 Å². The molecule has 0 aliphatic rings. The maximum Gasteiger partial charge on any atom is 0.295 e. The number of anilines is 1. The van der Waals surface area contributed by atoms with Crippen LogP contribution in [-0.4, -0.2) is 10.8 Å². The summed E-state index contributed by atoms with van der Waals surface area (Å²) < 4.78 is 12.9. The van der Waals surface area contributed by atoms with Crippen LogP contribution in [0.2, 0.25) is 0 Å². The number of nitrogens with zero attached hydrogens (tertiary/aromatic N) is 1. The molecule has 0 radical (unpaired) electrons. The number of carbonyl (C=O) groups is 1. The van der Waals surface area contributed by atoms with E-state index in [0.717, 1.165) is 12.1 Å². The minimum Gasteiger partial charge on any atom is -0.316 e. The Morgan fingerprint density at radius 1 is 1.39 bits per heavy atom. The summed E-state index contributed by atoms with van der Waals surface area (Å²) in [6.45, 7) is 0. The van der Waals surface area contributed by atoms with Crippen molar-refractivity contribution in [2.45, 2.75) is 0 Å². The smallest absolute Gasteiger partial charge is 0.295 e. The molecule has 18 heavy (non-hydrogen) atoms. The lowest BCUT2D eigenvalue weighted by Gasteiger charge is -2.04. The van der Waals surface area contributed by atoms with Crippen LogP contribution >= 0.6 is 11.3 Å². The van der Waals surface area contributed by atoms with Gasteiger partial charge in [-0.05, 0) is 23.6 Å². The van der Waals surface area contributed by atoms with Gasteiger partial charge in [0, 0.05) is 0 Å². The van der Waals surface area contributed by atoms with Crippen LogP contribution in [0.4, 0.5) is 15.8 Å². The van der Waals surface area contributed by atoms with E-state index < -0.39 is 22.3 Å². The minimum atomic E-state index is -0.743. The number of hydrogen-bond acceptors (Lipinski definition) is 4. The Labute approximate surface area is 105 Å². The van der Waals surface area contributed by atoms with Crippen molar-refractivity contribution in [3.05, 3.63) is 56.5 Å². The van der Waals surface area contributed by atoms with Gasteiger partial charge in [0.1, 0.15) is 11.5 Å². The van der Waals surface area contributed by atoms with Crippen LogP contribution in [0.3, 0.4) is 0 Å². The van der Waals surface area contributed by atoms with E-state index in [4.69, 9.17) is 0 Å². The lowest BCUT2D eigenvalue weighted by molar-refractivity contribution is -0.384. The third kappa shape index (κ3) is 2.51. The maximum atomic E-state index is 12.9. The van der Waals surface area contributed by atoms with Crippen molar-refractivity contribution in [2.24, 2.45) is 0 Å². The number of carbonyl (C=O) groups excluding carboxylic acids is 1. The van der Waals surface area contributed by atoms with E-state index in [2.05, 4.69) is 5.32 Å². The molecule has 2 aromatic rings. The molecule has 0 unspecified atom stereocenters. The van der Waals surface area contributed by atoms with Gasteiger partial charge in [0.25, 0.3) is 11.6 Å². The monoisotopic (exact) mass is 266 g/mol. The van der Waals surface area contributed by atoms with E-state index >= 15 is 0 Å². The number of halogens is 1. The Kier molecular flexibility index (Phi) is 3.33. The van der Waals surface area contributed by atoms with Gasteiger partial charge < -0.3 is 5.32 Å². The standard InChI is InChI=1S/C11H7FN2O3S/c12-7-3-4-8(9(6-7)14(16)17)13-11(15)10-2-1-5-18-10/h1-6H,(H,13,15). The van der Waals surface area contributed by atoms with Crippen LogP contribution in [0.5, 0.6) is 0 Å². The summed E-state index contributed by atoms with van der Waals surface area (Å²) in [5, 5.41) is 14.8. The quantitative estimate of drug-likeness (QED) is 0.685. The number of benzene rings is 1. The highest BCUT2D eigenvalue weighted by Crippen LogP contribution is 2.25. The van der Waals surface area contributed by atoms with Gasteiger partial charge in [-0.2, -0.15) is 0 Å². The normalized spacial score (nSPS) is 10.1. The predicted octanol–water partition coefficient (Wildman–Crippen LogP) is 3.05. The molecule has 1 N–H and O–H groups in total. The van der Waals surface area contributed by atoms with Crippen molar-refractivity contribution < 1.29 is 14.1 Å². The second kappa shape index (κ2) is 4.92. The van der Waals surface area contributed by atoms with Crippen LogP contribution in [0.1, 0.15) is 9.67 Å². The molecule has 1 aromatic heterocycles. The Morgan fingerprint density at radius 2 is 2.17 bits per heavy atom. The van der Waals surface area contributed by atoms with Gasteiger partial charge in [-0.1, -0.05) is 6.07 Å². The SMILES string of the molecule is O=C(Nc1ccc(F)cc1[N+](=O)[O-])c1cccs1. The summed E-state index contributed by atoms with van der Waals surface area (Å²) in [5.41, 5.74) is -0.500. The zero-order chi connectivity index (χ0) is 13.1. The van der Waals surface area contributed by atoms with Crippen molar-refractivity contribution in [2.75, 3.05) is 5.32 Å². The van der Waals surface area contributed by atoms with E-state index in [9.17, 15) is 19.3 Å². The molecular weight excluding hydrogens is 259 g/mol. The maximum absolute atomic E-state index is 12.9. The van der Waals surface area contributed by atoms with Crippen molar-refractivity contribution in [3.8, 4) is 0 Å². The van der Waals surface area contributed by atoms with Gasteiger partial charge in [-0.25, -0.2) is 4.39 Å².